The van der Waals surface area contributed by atoms with Gasteiger partial charge in [-0.2, -0.15) is 0 Å². The van der Waals surface area contributed by atoms with E-state index in [9.17, 15) is 50.8 Å². The second-order valence-electron chi connectivity index (χ2n) is 10.3. The second kappa shape index (κ2) is 12.3. The summed E-state index contributed by atoms with van der Waals surface area (Å²) in [7, 11) is 1.47. The van der Waals surface area contributed by atoms with E-state index in [4.69, 9.17) is 23.4 Å². The van der Waals surface area contributed by atoms with Crippen LogP contribution in [0, 0.1) is 0 Å². The number of aromatic hydroxyl groups is 1. The van der Waals surface area contributed by atoms with Crippen molar-refractivity contribution in [3.05, 3.63) is 52.2 Å². The molecule has 15 heteroatoms. The molecule has 9 N–H and O–H groups in total. The minimum absolute atomic E-state index is 0.00427. The quantitative estimate of drug-likeness (QED) is 0.139. The third kappa shape index (κ3) is 5.56. The Labute approximate surface area is 242 Å². The lowest BCUT2D eigenvalue weighted by molar-refractivity contribution is -0.278. The van der Waals surface area contributed by atoms with Crippen LogP contribution in [0.15, 0.2) is 45.6 Å². The number of phenolic OH excluding ortho intramolecular Hbond substituents is 1. The summed E-state index contributed by atoms with van der Waals surface area (Å²) in [6, 6.07) is 8.42. The van der Waals surface area contributed by atoms with E-state index in [1.165, 1.54) is 7.11 Å². The fraction of sp³-hybridized carbons (Fsp3) is 0.464. The van der Waals surface area contributed by atoms with Crippen molar-refractivity contribution in [1.29, 1.82) is 0 Å². The smallest absolute Gasteiger partial charge is 0.229 e. The van der Waals surface area contributed by atoms with Crippen molar-refractivity contribution in [3.63, 3.8) is 0 Å². The van der Waals surface area contributed by atoms with Crippen LogP contribution in [0.25, 0.3) is 22.3 Å². The van der Waals surface area contributed by atoms with E-state index >= 15 is 0 Å². The number of ether oxygens (including phenoxy) is 4. The maximum absolute atomic E-state index is 13.3. The Kier molecular flexibility index (Phi) is 8.92. The van der Waals surface area contributed by atoms with Gasteiger partial charge in [0, 0.05) is 17.7 Å². The first kappa shape index (κ1) is 31.1. The molecule has 0 spiro atoms. The van der Waals surface area contributed by atoms with Crippen LogP contribution in [-0.4, -0.2) is 121 Å². The molecule has 3 aromatic rings. The first-order valence-electron chi connectivity index (χ1n) is 13.3. The Balaban J connectivity index is 1.72. The van der Waals surface area contributed by atoms with E-state index in [1.807, 2.05) is 0 Å². The van der Waals surface area contributed by atoms with Crippen LogP contribution in [0.5, 0.6) is 17.2 Å². The Morgan fingerprint density at radius 2 is 1.40 bits per heavy atom. The number of hydrogen-bond donors (Lipinski definition) is 9. The van der Waals surface area contributed by atoms with Crippen LogP contribution in [0.2, 0.25) is 0 Å². The molecule has 15 nitrogen and oxygen atoms in total. The Morgan fingerprint density at radius 3 is 2.00 bits per heavy atom. The lowest BCUT2D eigenvalue weighted by Gasteiger charge is -2.42. The van der Waals surface area contributed by atoms with Crippen molar-refractivity contribution in [2.45, 2.75) is 61.2 Å². The Morgan fingerprint density at radius 1 is 0.791 bits per heavy atom. The minimum Gasteiger partial charge on any atom is -0.507 e. The van der Waals surface area contributed by atoms with Gasteiger partial charge in [-0.15, -0.1) is 0 Å². The number of aliphatic hydroxyl groups is 8. The van der Waals surface area contributed by atoms with E-state index in [1.54, 1.807) is 24.3 Å². The summed E-state index contributed by atoms with van der Waals surface area (Å²) < 4.78 is 28.2. The SMILES string of the molecule is COc1ccc(-c2cc(=O)c3c(O)cc(O[C@@H]4O[C@H](CO)[C@@H](O)[C@H](O)[C@H]4O)c([C@@H]4O[C@@H](CO)[C@@H](O)[C@H](O)[C@H]4O)c3o2)cc1. The molecule has 1 aromatic heterocycles. The number of phenols is 1. The highest BCUT2D eigenvalue weighted by Gasteiger charge is 2.48. The van der Waals surface area contributed by atoms with Crippen LogP contribution < -0.4 is 14.9 Å². The Hall–Kier alpha value is -3.35. The van der Waals surface area contributed by atoms with Gasteiger partial charge in [-0.05, 0) is 24.3 Å². The maximum Gasteiger partial charge on any atom is 0.229 e. The van der Waals surface area contributed by atoms with Crippen LogP contribution in [0.3, 0.4) is 0 Å². The molecule has 2 aliphatic heterocycles. The van der Waals surface area contributed by atoms with Gasteiger partial charge in [0.2, 0.25) is 6.29 Å². The van der Waals surface area contributed by atoms with Gasteiger partial charge < -0.3 is 69.3 Å². The minimum atomic E-state index is -1.90. The maximum atomic E-state index is 13.3. The summed E-state index contributed by atoms with van der Waals surface area (Å²) in [4.78, 5) is 13.3. The van der Waals surface area contributed by atoms with Gasteiger partial charge >= 0.3 is 0 Å². The molecular formula is C28H32O15. The zero-order valence-electron chi connectivity index (χ0n) is 22.6. The van der Waals surface area contributed by atoms with Crippen molar-refractivity contribution in [2.24, 2.45) is 0 Å². The monoisotopic (exact) mass is 608 g/mol. The van der Waals surface area contributed by atoms with Crippen molar-refractivity contribution >= 4 is 11.0 Å². The standard InChI is InChI=1S/C28H32O15/c1-39-11-4-2-10(3-5-11)14-6-12(31)18-13(32)7-15(42-28-25(38)23(36)21(34)17(9-30)43-28)19(26(18)40-14)27-24(37)22(35)20(33)16(8-29)41-27/h2-7,16-17,20-25,27-30,32-38H,8-9H2,1H3/t16-,17+,20+,21+,22-,23-,24+,25+,27-,28+/m0/s1. The summed E-state index contributed by atoms with van der Waals surface area (Å²) in [6.07, 6.45) is -17.2. The van der Waals surface area contributed by atoms with E-state index < -0.39 is 91.4 Å². The molecule has 0 radical (unpaired) electrons. The Bertz CT molecular complexity index is 1490. The molecule has 2 aromatic carbocycles. The van der Waals surface area contributed by atoms with E-state index in [-0.39, 0.29) is 22.3 Å². The van der Waals surface area contributed by atoms with Gasteiger partial charge in [-0.25, -0.2) is 0 Å². The van der Waals surface area contributed by atoms with E-state index in [0.29, 0.717) is 11.3 Å². The zero-order valence-corrected chi connectivity index (χ0v) is 22.6. The van der Waals surface area contributed by atoms with Gasteiger partial charge in [-0.3, -0.25) is 4.79 Å². The van der Waals surface area contributed by atoms with Crippen molar-refractivity contribution in [3.8, 4) is 28.6 Å². The zero-order chi connectivity index (χ0) is 31.2. The molecule has 2 aliphatic rings. The topological polar surface area (TPSA) is 249 Å². The lowest BCUT2D eigenvalue weighted by Crippen LogP contribution is -2.60. The second-order valence-corrected chi connectivity index (χ2v) is 10.3. The summed E-state index contributed by atoms with van der Waals surface area (Å²) in [5.41, 5.74) is -1.01. The van der Waals surface area contributed by atoms with E-state index in [0.717, 1.165) is 12.1 Å². The molecular weight excluding hydrogens is 576 g/mol. The highest BCUT2D eigenvalue weighted by Crippen LogP contribution is 2.45. The molecule has 3 heterocycles. The predicted octanol–water partition coefficient (Wildman–Crippen LogP) is -2.13. The van der Waals surface area contributed by atoms with Gasteiger partial charge in [0.25, 0.3) is 0 Å². The summed E-state index contributed by atoms with van der Waals surface area (Å²) in [5, 5.41) is 92.8. The number of methoxy groups -OCH3 is 1. The molecule has 0 bridgehead atoms. The van der Waals surface area contributed by atoms with Gasteiger partial charge in [0.05, 0.1) is 25.9 Å². The molecule has 2 fully saturated rings. The number of hydrogen-bond acceptors (Lipinski definition) is 15. The fourth-order valence-electron chi connectivity index (χ4n) is 5.21. The van der Waals surface area contributed by atoms with Gasteiger partial charge in [-0.1, -0.05) is 0 Å². The molecule has 10 atom stereocenters. The van der Waals surface area contributed by atoms with Crippen LogP contribution in [0.4, 0.5) is 0 Å². The average Bonchev–Trinajstić information content (AvgIpc) is 3.00. The lowest BCUT2D eigenvalue weighted by atomic mass is 9.89. The third-order valence-corrected chi connectivity index (χ3v) is 7.62. The molecule has 2 saturated heterocycles. The van der Waals surface area contributed by atoms with Crippen LogP contribution >= 0.6 is 0 Å². The highest BCUT2D eigenvalue weighted by atomic mass is 16.7. The average molecular weight is 609 g/mol. The molecule has 0 saturated carbocycles. The van der Waals surface area contributed by atoms with Crippen molar-refractivity contribution in [2.75, 3.05) is 20.3 Å². The van der Waals surface area contributed by atoms with Gasteiger partial charge in [0.15, 0.2) is 11.0 Å². The van der Waals surface area contributed by atoms with Crippen molar-refractivity contribution < 1.29 is 69.3 Å². The summed E-state index contributed by atoms with van der Waals surface area (Å²) in [5.74, 6) is -0.594. The molecule has 0 amide bonds. The molecule has 43 heavy (non-hydrogen) atoms. The number of benzene rings is 2. The predicted molar refractivity (Wildman–Crippen MR) is 143 cm³/mol. The fourth-order valence-corrected chi connectivity index (χ4v) is 5.21. The van der Waals surface area contributed by atoms with Gasteiger partial charge in [0.1, 0.15) is 83.3 Å². The first-order valence-corrected chi connectivity index (χ1v) is 13.3. The third-order valence-electron chi connectivity index (χ3n) is 7.62. The summed E-state index contributed by atoms with van der Waals surface area (Å²) >= 11 is 0. The number of rotatable bonds is 7. The normalized spacial score (nSPS) is 33.0. The summed E-state index contributed by atoms with van der Waals surface area (Å²) in [6.45, 7) is -1.56. The molecule has 0 unspecified atom stereocenters. The van der Waals surface area contributed by atoms with Crippen LogP contribution in [-0.2, 0) is 9.47 Å². The largest absolute Gasteiger partial charge is 0.507 e. The van der Waals surface area contributed by atoms with E-state index in [2.05, 4.69) is 0 Å². The molecule has 0 aliphatic carbocycles. The van der Waals surface area contributed by atoms with Crippen molar-refractivity contribution in [1.82, 2.24) is 0 Å². The van der Waals surface area contributed by atoms with Crippen LogP contribution in [0.1, 0.15) is 11.7 Å². The highest BCUT2D eigenvalue weighted by molar-refractivity contribution is 5.89. The number of aliphatic hydroxyl groups excluding tert-OH is 8. The first-order chi connectivity index (χ1) is 20.5. The number of fused-ring (bicyclic) bond motifs is 1. The molecule has 5 rings (SSSR count). The molecule has 234 valence electrons.